The van der Waals surface area contributed by atoms with E-state index in [4.69, 9.17) is 0 Å². The van der Waals surface area contributed by atoms with E-state index in [2.05, 4.69) is 42.1 Å². The minimum absolute atomic E-state index is 0.0132. The summed E-state index contributed by atoms with van der Waals surface area (Å²) in [5.41, 5.74) is 6.05. The van der Waals surface area contributed by atoms with E-state index in [-0.39, 0.29) is 12.1 Å². The van der Waals surface area contributed by atoms with Crippen LogP contribution in [0.25, 0.3) is 5.00 Å². The average molecular weight is 392 g/mol. The molecule has 1 aliphatic heterocycles. The highest BCUT2D eigenvalue weighted by molar-refractivity contribution is 7.15. The summed E-state index contributed by atoms with van der Waals surface area (Å²) in [5, 5.41) is 4.41. The molecule has 0 bridgehead atoms. The number of carbonyl (C=O) groups excluding carboxylic acids is 1. The summed E-state index contributed by atoms with van der Waals surface area (Å²) in [6, 6.07) is 12.2. The summed E-state index contributed by atoms with van der Waals surface area (Å²) in [6.07, 6.45) is 6.99. The first kappa shape index (κ1) is 17.6. The van der Waals surface area contributed by atoms with E-state index < -0.39 is 0 Å². The maximum atomic E-state index is 13.3. The standard InChI is InChI=1S/C23H25N3OS/c1-15-9-11-17(12-10-15)24-23(27)26-14-19-18-6-3-4-8-21(18)28-22(19)25-13-5-7-20(25)16(26)2/h5,7,9-13,16H,3-4,6,8,14H2,1-2H3,(H,24,27)/t16-/m0/s1. The van der Waals surface area contributed by atoms with Gasteiger partial charge in [-0.15, -0.1) is 11.3 Å². The lowest BCUT2D eigenvalue weighted by Gasteiger charge is -2.28. The summed E-state index contributed by atoms with van der Waals surface area (Å²) in [7, 11) is 0. The molecule has 28 heavy (non-hydrogen) atoms. The van der Waals surface area contributed by atoms with Crippen LogP contribution >= 0.6 is 11.3 Å². The molecule has 4 nitrogen and oxygen atoms in total. The molecule has 0 fully saturated rings. The van der Waals surface area contributed by atoms with Gasteiger partial charge < -0.3 is 14.8 Å². The lowest BCUT2D eigenvalue weighted by atomic mass is 9.95. The fourth-order valence-corrected chi connectivity index (χ4v) is 5.84. The zero-order valence-electron chi connectivity index (χ0n) is 16.4. The van der Waals surface area contributed by atoms with Crippen molar-refractivity contribution in [2.45, 2.75) is 52.1 Å². The highest BCUT2D eigenvalue weighted by Gasteiger charge is 2.32. The molecule has 144 valence electrons. The quantitative estimate of drug-likeness (QED) is 0.556. The van der Waals surface area contributed by atoms with Gasteiger partial charge in [0.25, 0.3) is 0 Å². The Hall–Kier alpha value is -2.53. The van der Waals surface area contributed by atoms with Crippen LogP contribution in [0.2, 0.25) is 0 Å². The molecule has 0 radical (unpaired) electrons. The molecule has 1 aromatic carbocycles. The number of carbonyl (C=O) groups is 1. The third kappa shape index (κ3) is 2.85. The number of thiophene rings is 1. The molecule has 5 rings (SSSR count). The van der Waals surface area contributed by atoms with Gasteiger partial charge in [0.2, 0.25) is 0 Å². The van der Waals surface area contributed by atoms with Crippen molar-refractivity contribution in [1.82, 2.24) is 9.47 Å². The number of nitrogens with one attached hydrogen (secondary N) is 1. The van der Waals surface area contributed by atoms with Gasteiger partial charge in [0.15, 0.2) is 0 Å². The van der Waals surface area contributed by atoms with Crippen LogP contribution in [0.5, 0.6) is 0 Å². The Labute approximate surface area is 169 Å². The Morgan fingerprint density at radius 1 is 1.11 bits per heavy atom. The normalized spacial score (nSPS) is 18.1. The van der Waals surface area contributed by atoms with Gasteiger partial charge in [-0.1, -0.05) is 17.7 Å². The van der Waals surface area contributed by atoms with Crippen LogP contribution in [-0.2, 0) is 19.4 Å². The van der Waals surface area contributed by atoms with Crippen molar-refractivity contribution in [3.63, 3.8) is 0 Å². The first-order valence-electron chi connectivity index (χ1n) is 10.1. The lowest BCUT2D eigenvalue weighted by Crippen LogP contribution is -2.36. The molecular formula is C23H25N3OS. The van der Waals surface area contributed by atoms with Gasteiger partial charge in [-0.25, -0.2) is 4.79 Å². The molecule has 1 N–H and O–H groups in total. The second-order valence-corrected chi connectivity index (χ2v) is 8.98. The number of fused-ring (bicyclic) bond motifs is 5. The molecule has 0 unspecified atom stereocenters. The van der Waals surface area contributed by atoms with Crippen LogP contribution < -0.4 is 5.32 Å². The SMILES string of the molecule is Cc1ccc(NC(=O)N2Cc3c(sc4c3CCCC4)-n3cccc3[C@@H]2C)cc1. The molecule has 1 aliphatic carbocycles. The summed E-state index contributed by atoms with van der Waals surface area (Å²) in [4.78, 5) is 16.8. The highest BCUT2D eigenvalue weighted by atomic mass is 32.1. The third-order valence-electron chi connectivity index (χ3n) is 6.05. The zero-order valence-corrected chi connectivity index (χ0v) is 17.2. The van der Waals surface area contributed by atoms with Crippen molar-refractivity contribution in [3.8, 4) is 5.00 Å². The van der Waals surface area contributed by atoms with Gasteiger partial charge in [-0.2, -0.15) is 0 Å². The lowest BCUT2D eigenvalue weighted by molar-refractivity contribution is 0.189. The maximum absolute atomic E-state index is 13.3. The van der Waals surface area contributed by atoms with E-state index in [1.165, 1.54) is 51.5 Å². The number of aryl methyl sites for hydroxylation is 2. The number of aromatic nitrogens is 1. The summed E-state index contributed by atoms with van der Waals surface area (Å²) >= 11 is 1.92. The molecule has 0 saturated carbocycles. The summed E-state index contributed by atoms with van der Waals surface area (Å²) in [6.45, 7) is 4.85. The van der Waals surface area contributed by atoms with Gasteiger partial charge >= 0.3 is 6.03 Å². The molecule has 0 saturated heterocycles. The third-order valence-corrected chi connectivity index (χ3v) is 7.38. The van der Waals surface area contributed by atoms with E-state index in [0.29, 0.717) is 6.54 Å². The van der Waals surface area contributed by atoms with Crippen LogP contribution in [0.1, 0.15) is 53.1 Å². The van der Waals surface area contributed by atoms with Gasteiger partial charge in [-0.3, -0.25) is 0 Å². The van der Waals surface area contributed by atoms with Crippen molar-refractivity contribution in [1.29, 1.82) is 0 Å². The van der Waals surface area contributed by atoms with Crippen LogP contribution in [0, 0.1) is 6.92 Å². The topological polar surface area (TPSA) is 37.3 Å². The number of urea groups is 1. The summed E-state index contributed by atoms with van der Waals surface area (Å²) < 4.78 is 2.31. The number of amides is 2. The first-order chi connectivity index (χ1) is 13.6. The molecule has 2 aromatic heterocycles. The van der Waals surface area contributed by atoms with Crippen molar-refractivity contribution in [2.24, 2.45) is 0 Å². The fourth-order valence-electron chi connectivity index (χ4n) is 4.44. The van der Waals surface area contributed by atoms with E-state index in [9.17, 15) is 4.79 Å². The maximum Gasteiger partial charge on any atom is 0.322 e. The summed E-state index contributed by atoms with van der Waals surface area (Å²) in [5.74, 6) is 0. The van der Waals surface area contributed by atoms with Crippen LogP contribution in [-0.4, -0.2) is 15.5 Å². The number of rotatable bonds is 1. The van der Waals surface area contributed by atoms with Crippen LogP contribution in [0.4, 0.5) is 10.5 Å². The van der Waals surface area contributed by atoms with Crippen molar-refractivity contribution >= 4 is 23.1 Å². The molecule has 2 aliphatic rings. The second-order valence-electron chi connectivity index (χ2n) is 7.90. The van der Waals surface area contributed by atoms with E-state index in [1.807, 2.05) is 40.5 Å². The number of nitrogens with zero attached hydrogens (tertiary/aromatic N) is 2. The predicted molar refractivity (Wildman–Crippen MR) is 114 cm³/mol. The number of anilines is 1. The zero-order chi connectivity index (χ0) is 19.3. The molecule has 3 heterocycles. The van der Waals surface area contributed by atoms with Crippen molar-refractivity contribution in [3.05, 3.63) is 69.9 Å². The first-order valence-corrected chi connectivity index (χ1v) is 10.9. The Balaban J connectivity index is 1.54. The van der Waals surface area contributed by atoms with Gasteiger partial charge in [0.05, 0.1) is 12.6 Å². The van der Waals surface area contributed by atoms with Crippen LogP contribution in [0.15, 0.2) is 42.6 Å². The molecule has 2 amide bonds. The number of hydrogen-bond donors (Lipinski definition) is 1. The van der Waals surface area contributed by atoms with E-state index in [1.54, 1.807) is 0 Å². The predicted octanol–water partition coefficient (Wildman–Crippen LogP) is 5.83. The Kier molecular flexibility index (Phi) is 4.27. The average Bonchev–Trinajstić information content (AvgIpc) is 3.29. The fraction of sp³-hybridized carbons (Fsp3) is 0.348. The minimum atomic E-state index is -0.0345. The largest absolute Gasteiger partial charge is 0.322 e. The molecule has 3 aromatic rings. The van der Waals surface area contributed by atoms with Crippen LogP contribution in [0.3, 0.4) is 0 Å². The molecule has 5 heteroatoms. The molecule has 1 atom stereocenters. The number of benzene rings is 1. The Morgan fingerprint density at radius 2 is 1.89 bits per heavy atom. The smallest absolute Gasteiger partial charge is 0.312 e. The Morgan fingerprint density at radius 3 is 2.71 bits per heavy atom. The van der Waals surface area contributed by atoms with E-state index in [0.717, 1.165) is 12.1 Å². The van der Waals surface area contributed by atoms with Gasteiger partial charge in [0.1, 0.15) is 5.00 Å². The van der Waals surface area contributed by atoms with Gasteiger partial charge in [0, 0.05) is 28.0 Å². The Bertz CT molecular complexity index is 1030. The number of hydrogen-bond acceptors (Lipinski definition) is 2. The highest BCUT2D eigenvalue weighted by Crippen LogP contribution is 2.42. The second kappa shape index (κ2) is 6.82. The monoisotopic (exact) mass is 391 g/mol. The molecular weight excluding hydrogens is 366 g/mol. The van der Waals surface area contributed by atoms with Gasteiger partial charge in [-0.05, 0) is 69.4 Å². The van der Waals surface area contributed by atoms with Crippen molar-refractivity contribution < 1.29 is 4.79 Å². The van der Waals surface area contributed by atoms with E-state index >= 15 is 0 Å². The van der Waals surface area contributed by atoms with Crippen molar-refractivity contribution in [2.75, 3.05) is 5.32 Å². The molecule has 0 spiro atoms. The minimum Gasteiger partial charge on any atom is -0.312 e.